The lowest BCUT2D eigenvalue weighted by molar-refractivity contribution is -0.384. The highest BCUT2D eigenvalue weighted by Crippen LogP contribution is 2.28. The standard InChI is InChI=1S/C14H19BrN2O3/c15-13-8-12(17(19)20)5-4-11(13)9-16-10-14(18)6-2-1-3-7-14/h4-5,8,16,18H,1-3,6-7,9-10H2. The molecule has 0 spiro atoms. The predicted molar refractivity (Wildman–Crippen MR) is 80.5 cm³/mol. The summed E-state index contributed by atoms with van der Waals surface area (Å²) in [5, 5.41) is 24.3. The molecule has 6 heteroatoms. The Labute approximate surface area is 126 Å². The van der Waals surface area contributed by atoms with Crippen LogP contribution in [-0.2, 0) is 6.54 Å². The highest BCUT2D eigenvalue weighted by atomic mass is 79.9. The van der Waals surface area contributed by atoms with Gasteiger partial charge >= 0.3 is 0 Å². The first-order valence-corrected chi connectivity index (χ1v) is 7.65. The van der Waals surface area contributed by atoms with Crippen LogP contribution in [0, 0.1) is 10.1 Å². The second-order valence-corrected chi connectivity index (χ2v) is 6.28. The minimum Gasteiger partial charge on any atom is -0.389 e. The predicted octanol–water partition coefficient (Wildman–Crippen LogP) is 3.14. The average molecular weight is 343 g/mol. The van der Waals surface area contributed by atoms with Crippen LogP contribution in [0.5, 0.6) is 0 Å². The lowest BCUT2D eigenvalue weighted by atomic mass is 9.85. The van der Waals surface area contributed by atoms with Crippen LogP contribution in [0.25, 0.3) is 0 Å². The van der Waals surface area contributed by atoms with E-state index in [0.29, 0.717) is 13.1 Å². The largest absolute Gasteiger partial charge is 0.389 e. The maximum atomic E-state index is 10.7. The number of aliphatic hydroxyl groups is 1. The number of nitro groups is 1. The number of nitrogens with zero attached hydrogens (tertiary/aromatic N) is 1. The molecule has 1 fully saturated rings. The van der Waals surface area contributed by atoms with E-state index in [2.05, 4.69) is 21.2 Å². The van der Waals surface area contributed by atoms with Crippen molar-refractivity contribution in [3.05, 3.63) is 38.3 Å². The van der Waals surface area contributed by atoms with Crippen molar-refractivity contribution in [2.24, 2.45) is 0 Å². The Morgan fingerprint density at radius 2 is 2.05 bits per heavy atom. The van der Waals surface area contributed by atoms with Crippen molar-refractivity contribution >= 4 is 21.6 Å². The van der Waals surface area contributed by atoms with Crippen LogP contribution >= 0.6 is 15.9 Å². The number of rotatable bonds is 5. The molecule has 0 amide bonds. The van der Waals surface area contributed by atoms with Gasteiger partial charge in [-0.1, -0.05) is 35.2 Å². The van der Waals surface area contributed by atoms with E-state index in [1.165, 1.54) is 18.6 Å². The van der Waals surface area contributed by atoms with E-state index in [0.717, 1.165) is 35.7 Å². The molecule has 1 aromatic rings. The van der Waals surface area contributed by atoms with Crippen LogP contribution in [0.1, 0.15) is 37.7 Å². The van der Waals surface area contributed by atoms with E-state index in [4.69, 9.17) is 0 Å². The van der Waals surface area contributed by atoms with Gasteiger partial charge in [0.15, 0.2) is 0 Å². The maximum absolute atomic E-state index is 10.7. The average Bonchev–Trinajstić information content (AvgIpc) is 2.41. The molecule has 1 aliphatic rings. The van der Waals surface area contributed by atoms with Gasteiger partial charge in [-0.25, -0.2) is 0 Å². The Bertz CT molecular complexity index is 487. The molecule has 5 nitrogen and oxygen atoms in total. The Morgan fingerprint density at radius 1 is 1.35 bits per heavy atom. The Morgan fingerprint density at radius 3 is 2.65 bits per heavy atom. The number of benzene rings is 1. The molecular weight excluding hydrogens is 324 g/mol. The normalized spacial score (nSPS) is 17.9. The van der Waals surface area contributed by atoms with Gasteiger partial charge in [0.25, 0.3) is 5.69 Å². The van der Waals surface area contributed by atoms with E-state index in [1.807, 2.05) is 0 Å². The van der Waals surface area contributed by atoms with Crippen molar-refractivity contribution in [3.63, 3.8) is 0 Å². The molecule has 110 valence electrons. The monoisotopic (exact) mass is 342 g/mol. The fraction of sp³-hybridized carbons (Fsp3) is 0.571. The number of hydrogen-bond acceptors (Lipinski definition) is 4. The summed E-state index contributed by atoms with van der Waals surface area (Å²) in [6.45, 7) is 1.15. The molecule has 0 unspecified atom stereocenters. The van der Waals surface area contributed by atoms with E-state index in [-0.39, 0.29) is 5.69 Å². The number of non-ortho nitro benzene ring substituents is 1. The lowest BCUT2D eigenvalue weighted by Gasteiger charge is -2.32. The Kier molecular flexibility index (Phi) is 5.12. The van der Waals surface area contributed by atoms with E-state index in [9.17, 15) is 15.2 Å². The van der Waals surface area contributed by atoms with Crippen molar-refractivity contribution in [1.82, 2.24) is 5.32 Å². The van der Waals surface area contributed by atoms with Gasteiger partial charge in [-0.05, 0) is 24.5 Å². The summed E-state index contributed by atoms with van der Waals surface area (Å²) in [5.74, 6) is 0. The molecule has 0 aromatic heterocycles. The summed E-state index contributed by atoms with van der Waals surface area (Å²) in [5.41, 5.74) is 0.437. The number of nitro benzene ring substituents is 1. The van der Waals surface area contributed by atoms with Crippen LogP contribution in [0.3, 0.4) is 0 Å². The number of nitrogens with one attached hydrogen (secondary N) is 1. The number of hydrogen-bond donors (Lipinski definition) is 2. The quantitative estimate of drug-likeness (QED) is 0.636. The van der Waals surface area contributed by atoms with E-state index >= 15 is 0 Å². The van der Waals surface area contributed by atoms with Gasteiger partial charge in [-0.3, -0.25) is 10.1 Å². The third kappa shape index (κ3) is 4.01. The summed E-state index contributed by atoms with van der Waals surface area (Å²) in [6, 6.07) is 4.74. The highest BCUT2D eigenvalue weighted by molar-refractivity contribution is 9.10. The lowest BCUT2D eigenvalue weighted by Crippen LogP contribution is -2.41. The summed E-state index contributed by atoms with van der Waals surface area (Å²) in [6.07, 6.45) is 5.07. The van der Waals surface area contributed by atoms with Crippen LogP contribution < -0.4 is 5.32 Å². The molecule has 2 N–H and O–H groups in total. The second kappa shape index (κ2) is 6.65. The molecule has 0 heterocycles. The number of halogens is 1. The molecular formula is C14H19BrN2O3. The zero-order chi connectivity index (χ0) is 14.6. The van der Waals surface area contributed by atoms with Crippen molar-refractivity contribution in [3.8, 4) is 0 Å². The van der Waals surface area contributed by atoms with Crippen LogP contribution in [0.4, 0.5) is 5.69 Å². The summed E-state index contributed by atoms with van der Waals surface area (Å²) in [7, 11) is 0. The summed E-state index contributed by atoms with van der Waals surface area (Å²) in [4.78, 5) is 10.3. The molecule has 0 aliphatic heterocycles. The van der Waals surface area contributed by atoms with Crippen LogP contribution in [0.15, 0.2) is 22.7 Å². The van der Waals surface area contributed by atoms with Gasteiger partial charge < -0.3 is 10.4 Å². The zero-order valence-corrected chi connectivity index (χ0v) is 12.9. The fourth-order valence-corrected chi connectivity index (χ4v) is 3.12. The van der Waals surface area contributed by atoms with E-state index in [1.54, 1.807) is 6.07 Å². The minimum absolute atomic E-state index is 0.0755. The Balaban J connectivity index is 1.89. The van der Waals surface area contributed by atoms with Crippen LogP contribution in [0.2, 0.25) is 0 Å². The van der Waals surface area contributed by atoms with Gasteiger partial charge in [0.2, 0.25) is 0 Å². The maximum Gasteiger partial charge on any atom is 0.270 e. The third-order valence-corrected chi connectivity index (χ3v) is 4.54. The molecule has 1 aromatic carbocycles. The first-order chi connectivity index (χ1) is 9.50. The summed E-state index contributed by atoms with van der Waals surface area (Å²) >= 11 is 3.35. The first-order valence-electron chi connectivity index (χ1n) is 6.86. The fourth-order valence-electron chi connectivity index (χ4n) is 2.61. The van der Waals surface area contributed by atoms with Crippen LogP contribution in [-0.4, -0.2) is 22.2 Å². The van der Waals surface area contributed by atoms with Gasteiger partial charge in [0.1, 0.15) is 0 Å². The molecule has 0 saturated heterocycles. The summed E-state index contributed by atoms with van der Waals surface area (Å²) < 4.78 is 0.717. The van der Waals surface area contributed by atoms with Gasteiger partial charge in [0.05, 0.1) is 10.5 Å². The Hall–Kier alpha value is -0.980. The van der Waals surface area contributed by atoms with Crippen molar-refractivity contribution < 1.29 is 10.0 Å². The van der Waals surface area contributed by atoms with Gasteiger partial charge in [-0.15, -0.1) is 0 Å². The second-order valence-electron chi connectivity index (χ2n) is 5.42. The minimum atomic E-state index is -0.592. The zero-order valence-electron chi connectivity index (χ0n) is 11.3. The van der Waals surface area contributed by atoms with Gasteiger partial charge in [0, 0.05) is 29.7 Å². The SMILES string of the molecule is O=[N+]([O-])c1ccc(CNCC2(O)CCCCC2)c(Br)c1. The van der Waals surface area contributed by atoms with Gasteiger partial charge in [-0.2, -0.15) is 0 Å². The van der Waals surface area contributed by atoms with Crippen molar-refractivity contribution in [2.75, 3.05) is 6.54 Å². The molecule has 1 saturated carbocycles. The molecule has 20 heavy (non-hydrogen) atoms. The van der Waals surface area contributed by atoms with E-state index < -0.39 is 10.5 Å². The topological polar surface area (TPSA) is 75.4 Å². The molecule has 0 radical (unpaired) electrons. The smallest absolute Gasteiger partial charge is 0.270 e. The molecule has 0 bridgehead atoms. The molecule has 1 aliphatic carbocycles. The molecule has 0 atom stereocenters. The first kappa shape index (κ1) is 15.4. The molecule has 2 rings (SSSR count). The highest BCUT2D eigenvalue weighted by Gasteiger charge is 2.28. The van der Waals surface area contributed by atoms with Crippen molar-refractivity contribution in [2.45, 2.75) is 44.2 Å². The van der Waals surface area contributed by atoms with Crippen molar-refractivity contribution in [1.29, 1.82) is 0 Å². The third-order valence-electron chi connectivity index (χ3n) is 3.80.